The predicted molar refractivity (Wildman–Crippen MR) is 68.3 cm³/mol. The molecule has 1 aliphatic heterocycles. The van der Waals surface area contributed by atoms with Gasteiger partial charge in [-0.2, -0.15) is 0 Å². The van der Waals surface area contributed by atoms with Gasteiger partial charge >= 0.3 is 6.09 Å². The molecule has 1 heterocycles. The first-order valence-electron chi connectivity index (χ1n) is 6.15. The van der Waals surface area contributed by atoms with Crippen LogP contribution in [0.25, 0.3) is 0 Å². The molecule has 0 spiro atoms. The second-order valence-electron chi connectivity index (χ2n) is 4.19. The van der Waals surface area contributed by atoms with E-state index in [-0.39, 0.29) is 12.6 Å². The topological polar surface area (TPSA) is 68.8 Å². The Morgan fingerprint density at radius 3 is 2.63 bits per heavy atom. The van der Waals surface area contributed by atoms with Crippen LogP contribution in [0, 0.1) is 0 Å². The fourth-order valence-electron chi connectivity index (χ4n) is 1.68. The van der Waals surface area contributed by atoms with E-state index in [9.17, 15) is 4.79 Å². The number of benzene rings is 1. The molecule has 0 unspecified atom stereocenters. The van der Waals surface area contributed by atoms with Crippen molar-refractivity contribution in [2.24, 2.45) is 0 Å². The number of ether oxygens (including phenoxy) is 3. The monoisotopic (exact) mass is 266 g/mol. The Kier molecular flexibility index (Phi) is 5.14. The molecule has 0 aromatic heterocycles. The van der Waals surface area contributed by atoms with Crippen molar-refractivity contribution < 1.29 is 19.0 Å². The molecule has 104 valence electrons. The van der Waals surface area contributed by atoms with Gasteiger partial charge in [0.2, 0.25) is 6.41 Å². The number of nitrogens with one attached hydrogen (secondary N) is 2. The van der Waals surface area contributed by atoms with Gasteiger partial charge in [0.15, 0.2) is 0 Å². The van der Waals surface area contributed by atoms with Crippen LogP contribution in [0.1, 0.15) is 5.56 Å². The van der Waals surface area contributed by atoms with Gasteiger partial charge < -0.3 is 19.5 Å². The van der Waals surface area contributed by atoms with E-state index in [0.29, 0.717) is 13.2 Å². The number of hydrogen-bond acceptors (Lipinski definition) is 5. The number of alkyl carbamates (subject to hydrolysis) is 1. The molecule has 2 rings (SSSR count). The third kappa shape index (κ3) is 4.51. The zero-order valence-electron chi connectivity index (χ0n) is 10.8. The summed E-state index contributed by atoms with van der Waals surface area (Å²) in [5, 5.41) is 5.53. The molecule has 1 aromatic rings. The van der Waals surface area contributed by atoms with Gasteiger partial charge in [-0.3, -0.25) is 5.32 Å². The normalized spacial score (nSPS) is 22.8. The van der Waals surface area contributed by atoms with Gasteiger partial charge in [0.1, 0.15) is 6.61 Å². The SMILES string of the molecule is CNC1OCC(NC(=O)OCc2ccccc2)CO1. The summed E-state index contributed by atoms with van der Waals surface area (Å²) in [7, 11) is 1.74. The summed E-state index contributed by atoms with van der Waals surface area (Å²) in [5.41, 5.74) is 0.948. The fourth-order valence-corrected chi connectivity index (χ4v) is 1.68. The Morgan fingerprint density at radius 2 is 2.00 bits per heavy atom. The van der Waals surface area contributed by atoms with Crippen molar-refractivity contribution in [2.45, 2.75) is 19.1 Å². The number of carbonyl (C=O) groups is 1. The summed E-state index contributed by atoms with van der Waals surface area (Å²) in [5.74, 6) is 0. The summed E-state index contributed by atoms with van der Waals surface area (Å²) < 4.78 is 15.7. The Labute approximate surface area is 112 Å². The first kappa shape index (κ1) is 13.8. The third-order valence-corrected chi connectivity index (χ3v) is 2.67. The molecular weight excluding hydrogens is 248 g/mol. The van der Waals surface area contributed by atoms with Crippen LogP contribution < -0.4 is 10.6 Å². The highest BCUT2D eigenvalue weighted by Crippen LogP contribution is 2.04. The van der Waals surface area contributed by atoms with Crippen molar-refractivity contribution in [3.8, 4) is 0 Å². The van der Waals surface area contributed by atoms with Crippen molar-refractivity contribution in [2.75, 3.05) is 20.3 Å². The van der Waals surface area contributed by atoms with E-state index in [0.717, 1.165) is 5.56 Å². The van der Waals surface area contributed by atoms with Crippen LogP contribution in [0.3, 0.4) is 0 Å². The second-order valence-corrected chi connectivity index (χ2v) is 4.19. The molecule has 19 heavy (non-hydrogen) atoms. The molecule has 0 atom stereocenters. The van der Waals surface area contributed by atoms with Crippen molar-refractivity contribution >= 4 is 6.09 Å². The highest BCUT2D eigenvalue weighted by molar-refractivity contribution is 5.67. The van der Waals surface area contributed by atoms with Crippen LogP contribution in [-0.2, 0) is 20.8 Å². The Bertz CT molecular complexity index is 391. The molecule has 1 saturated heterocycles. The molecule has 0 aliphatic carbocycles. The fraction of sp³-hybridized carbons (Fsp3) is 0.462. The van der Waals surface area contributed by atoms with E-state index in [1.54, 1.807) is 7.05 Å². The molecule has 0 radical (unpaired) electrons. The molecule has 1 fully saturated rings. The van der Waals surface area contributed by atoms with Gasteiger partial charge in [-0.05, 0) is 12.6 Å². The maximum absolute atomic E-state index is 11.6. The maximum Gasteiger partial charge on any atom is 0.407 e. The summed E-state index contributed by atoms with van der Waals surface area (Å²) in [6, 6.07) is 9.33. The molecule has 6 heteroatoms. The van der Waals surface area contributed by atoms with Gasteiger partial charge in [0.05, 0.1) is 19.3 Å². The van der Waals surface area contributed by atoms with E-state index in [1.165, 1.54) is 0 Å². The molecule has 2 N–H and O–H groups in total. The summed E-state index contributed by atoms with van der Waals surface area (Å²) in [6.07, 6.45) is -0.873. The number of rotatable bonds is 4. The maximum atomic E-state index is 11.6. The molecule has 6 nitrogen and oxygen atoms in total. The van der Waals surface area contributed by atoms with Crippen LogP contribution >= 0.6 is 0 Å². The van der Waals surface area contributed by atoms with E-state index in [4.69, 9.17) is 14.2 Å². The molecule has 0 bridgehead atoms. The average molecular weight is 266 g/mol. The van der Waals surface area contributed by atoms with Crippen LogP contribution in [0.5, 0.6) is 0 Å². The zero-order chi connectivity index (χ0) is 13.5. The minimum atomic E-state index is -0.469. The summed E-state index contributed by atoms with van der Waals surface area (Å²) in [6.45, 7) is 1.04. The van der Waals surface area contributed by atoms with Gasteiger partial charge in [-0.1, -0.05) is 30.3 Å². The van der Waals surface area contributed by atoms with E-state index >= 15 is 0 Å². The van der Waals surface area contributed by atoms with Gasteiger partial charge in [0, 0.05) is 0 Å². The molecule has 1 aliphatic rings. The first-order valence-corrected chi connectivity index (χ1v) is 6.15. The van der Waals surface area contributed by atoms with Crippen molar-refractivity contribution in [1.29, 1.82) is 0 Å². The molecule has 0 saturated carbocycles. The Hall–Kier alpha value is -1.63. The van der Waals surface area contributed by atoms with Crippen molar-refractivity contribution in [3.05, 3.63) is 35.9 Å². The Balaban J connectivity index is 1.67. The lowest BCUT2D eigenvalue weighted by Gasteiger charge is -2.29. The lowest BCUT2D eigenvalue weighted by Crippen LogP contribution is -2.50. The standard InChI is InChI=1S/C13H18N2O4/c1-14-13-18-8-11(9-19-13)15-12(16)17-7-10-5-3-2-4-6-10/h2-6,11,13-14H,7-9H2,1H3,(H,15,16). The number of carbonyl (C=O) groups excluding carboxylic acids is 1. The van der Waals surface area contributed by atoms with Gasteiger partial charge in [-0.25, -0.2) is 4.79 Å². The van der Waals surface area contributed by atoms with Gasteiger partial charge in [-0.15, -0.1) is 0 Å². The van der Waals surface area contributed by atoms with E-state index in [2.05, 4.69) is 10.6 Å². The average Bonchev–Trinajstić information content (AvgIpc) is 2.47. The predicted octanol–water partition coefficient (Wildman–Crippen LogP) is 0.831. The highest BCUT2D eigenvalue weighted by Gasteiger charge is 2.22. The molecule has 1 amide bonds. The first-order chi connectivity index (χ1) is 9.28. The minimum Gasteiger partial charge on any atom is -0.445 e. The quantitative estimate of drug-likeness (QED) is 0.845. The lowest BCUT2D eigenvalue weighted by molar-refractivity contribution is -0.201. The Morgan fingerprint density at radius 1 is 1.32 bits per heavy atom. The third-order valence-electron chi connectivity index (χ3n) is 2.67. The van der Waals surface area contributed by atoms with Crippen molar-refractivity contribution in [3.63, 3.8) is 0 Å². The highest BCUT2D eigenvalue weighted by atomic mass is 16.7. The summed E-state index contributed by atoms with van der Waals surface area (Å²) in [4.78, 5) is 11.6. The zero-order valence-corrected chi connectivity index (χ0v) is 10.8. The van der Waals surface area contributed by atoms with E-state index < -0.39 is 12.5 Å². The lowest BCUT2D eigenvalue weighted by atomic mass is 10.2. The largest absolute Gasteiger partial charge is 0.445 e. The number of hydrogen-bond donors (Lipinski definition) is 2. The van der Waals surface area contributed by atoms with Crippen LogP contribution in [0.15, 0.2) is 30.3 Å². The number of amides is 1. The second kappa shape index (κ2) is 7.08. The minimum absolute atomic E-state index is 0.187. The van der Waals surface area contributed by atoms with E-state index in [1.807, 2.05) is 30.3 Å². The van der Waals surface area contributed by atoms with Crippen LogP contribution in [0.2, 0.25) is 0 Å². The molecular formula is C13H18N2O4. The van der Waals surface area contributed by atoms with Crippen LogP contribution in [0.4, 0.5) is 4.79 Å². The smallest absolute Gasteiger partial charge is 0.407 e. The van der Waals surface area contributed by atoms with Crippen molar-refractivity contribution in [1.82, 2.24) is 10.6 Å². The molecule has 1 aromatic carbocycles. The summed E-state index contributed by atoms with van der Waals surface area (Å²) >= 11 is 0. The van der Waals surface area contributed by atoms with Crippen LogP contribution in [-0.4, -0.2) is 38.8 Å². The van der Waals surface area contributed by atoms with Gasteiger partial charge in [0.25, 0.3) is 0 Å².